The van der Waals surface area contributed by atoms with Crippen LogP contribution in [-0.2, 0) is 11.3 Å². The van der Waals surface area contributed by atoms with Gasteiger partial charge in [0.25, 0.3) is 11.5 Å². The minimum atomic E-state index is -0.893. The van der Waals surface area contributed by atoms with Crippen molar-refractivity contribution in [2.75, 3.05) is 19.8 Å². The summed E-state index contributed by atoms with van der Waals surface area (Å²) in [7, 11) is 0. The number of carbonyl (C=O) groups excluding carboxylic acids is 1. The first kappa shape index (κ1) is 25.6. The molecule has 0 spiro atoms. The maximum atomic E-state index is 14.6. The van der Waals surface area contributed by atoms with E-state index in [0.29, 0.717) is 24.3 Å². The Labute approximate surface area is 210 Å². The highest BCUT2D eigenvalue weighted by atomic mass is 35.5. The first-order valence-electron chi connectivity index (χ1n) is 11.4. The summed E-state index contributed by atoms with van der Waals surface area (Å²) in [6, 6.07) is 11.5. The van der Waals surface area contributed by atoms with Gasteiger partial charge in [0.05, 0.1) is 37.5 Å². The quantitative estimate of drug-likeness (QED) is 0.420. The highest BCUT2D eigenvalue weighted by molar-refractivity contribution is 6.30. The number of aliphatic hydroxyl groups excluding tert-OH is 1. The molecule has 2 heterocycles. The van der Waals surface area contributed by atoms with Crippen LogP contribution in [-0.4, -0.2) is 46.9 Å². The molecule has 0 aliphatic carbocycles. The molecular weight excluding hydrogens is 491 g/mol. The largest absolute Gasteiger partial charge is 0.489 e. The zero-order chi connectivity index (χ0) is 25.7. The molecule has 1 amide bonds. The van der Waals surface area contributed by atoms with Gasteiger partial charge in [-0.05, 0) is 42.7 Å². The Morgan fingerprint density at radius 3 is 2.94 bits per heavy atom. The number of fused-ring (bicyclic) bond motifs is 1. The molecule has 1 aliphatic rings. The number of carbonyl (C=O) groups is 1. The van der Waals surface area contributed by atoms with Crippen LogP contribution in [0.4, 0.5) is 4.39 Å². The maximum Gasteiger partial charge on any atom is 0.287 e. The van der Waals surface area contributed by atoms with Crippen LogP contribution >= 0.6 is 11.6 Å². The molecule has 2 unspecified atom stereocenters. The fourth-order valence-corrected chi connectivity index (χ4v) is 4.19. The fraction of sp³-hybridized carbons (Fsp3) is 0.360. The topological polar surface area (TPSA) is 137 Å². The van der Waals surface area contributed by atoms with E-state index in [-0.39, 0.29) is 54.9 Å². The fourth-order valence-electron chi connectivity index (χ4n) is 3.98. The minimum absolute atomic E-state index is 0.0562. The van der Waals surface area contributed by atoms with Gasteiger partial charge in [0, 0.05) is 18.0 Å². The van der Waals surface area contributed by atoms with Crippen LogP contribution in [0.5, 0.6) is 5.75 Å². The number of nitriles is 1. The minimum Gasteiger partial charge on any atom is -0.489 e. The predicted octanol–water partition coefficient (Wildman–Crippen LogP) is 3.10. The van der Waals surface area contributed by atoms with Gasteiger partial charge in [-0.3, -0.25) is 9.59 Å². The van der Waals surface area contributed by atoms with E-state index < -0.39 is 22.7 Å². The molecule has 2 atom stereocenters. The molecule has 188 valence electrons. The van der Waals surface area contributed by atoms with Gasteiger partial charge in [-0.25, -0.2) is 9.37 Å². The molecule has 1 aliphatic heterocycles. The van der Waals surface area contributed by atoms with Crippen LogP contribution in [0.2, 0.25) is 5.02 Å². The van der Waals surface area contributed by atoms with Crippen molar-refractivity contribution < 1.29 is 23.8 Å². The number of nitrogens with one attached hydrogen (secondary N) is 2. The third kappa shape index (κ3) is 5.65. The standard InChI is InChI=1S/C25H24ClFN4O5/c26-16-3-1-2-15(10-16)11-29-24(34)22-30-19-5-4-18(27)21(20(19)23(33)31-22)35-9-7-17-6-8-25(12-28,13-32)14-36-17/h1-5,10,17,32H,6-9,11,13-14H2,(H,29,34)(H,30,31,33). The Morgan fingerprint density at radius 2 is 2.25 bits per heavy atom. The Balaban J connectivity index is 1.43. The zero-order valence-corrected chi connectivity index (χ0v) is 20.0. The summed E-state index contributed by atoms with van der Waals surface area (Å²) in [6.45, 7) is 0.0695. The number of nitrogens with zero attached hydrogens (tertiary/aromatic N) is 2. The SMILES string of the molecule is N#CC1(CO)CCC(CCOc2c(F)ccc3nc(C(=O)NCc4cccc(Cl)c4)[nH]c(=O)c23)OC1. The monoisotopic (exact) mass is 514 g/mol. The van der Waals surface area contributed by atoms with Gasteiger partial charge in [0.2, 0.25) is 0 Å². The van der Waals surface area contributed by atoms with E-state index in [2.05, 4.69) is 21.4 Å². The number of amides is 1. The van der Waals surface area contributed by atoms with E-state index in [9.17, 15) is 24.3 Å². The number of aromatic amines is 1. The summed E-state index contributed by atoms with van der Waals surface area (Å²) in [5.41, 5.74) is -0.721. The Kier molecular flexibility index (Phi) is 7.84. The molecule has 3 aromatic rings. The van der Waals surface area contributed by atoms with Crippen LogP contribution < -0.4 is 15.6 Å². The van der Waals surface area contributed by atoms with E-state index >= 15 is 0 Å². The second-order valence-electron chi connectivity index (χ2n) is 8.66. The van der Waals surface area contributed by atoms with E-state index in [0.717, 1.165) is 11.6 Å². The van der Waals surface area contributed by atoms with Crippen molar-refractivity contribution in [1.82, 2.24) is 15.3 Å². The van der Waals surface area contributed by atoms with Crippen LogP contribution in [0, 0.1) is 22.6 Å². The summed E-state index contributed by atoms with van der Waals surface area (Å²) in [5.74, 6) is -1.81. The van der Waals surface area contributed by atoms with Crippen molar-refractivity contribution in [1.29, 1.82) is 5.26 Å². The summed E-state index contributed by atoms with van der Waals surface area (Å²) >= 11 is 5.95. The Bertz CT molecular complexity index is 1360. The van der Waals surface area contributed by atoms with Crippen molar-refractivity contribution in [3.8, 4) is 11.8 Å². The van der Waals surface area contributed by atoms with Gasteiger partial charge in [0.15, 0.2) is 17.4 Å². The van der Waals surface area contributed by atoms with Gasteiger partial charge in [-0.15, -0.1) is 0 Å². The lowest BCUT2D eigenvalue weighted by Crippen LogP contribution is -2.38. The van der Waals surface area contributed by atoms with Gasteiger partial charge >= 0.3 is 0 Å². The molecule has 11 heteroatoms. The average Bonchev–Trinajstić information content (AvgIpc) is 2.89. The van der Waals surface area contributed by atoms with Crippen LogP contribution in [0.25, 0.3) is 10.9 Å². The van der Waals surface area contributed by atoms with E-state index in [1.54, 1.807) is 24.3 Å². The average molecular weight is 515 g/mol. The van der Waals surface area contributed by atoms with Crippen molar-refractivity contribution in [2.45, 2.75) is 31.9 Å². The van der Waals surface area contributed by atoms with Gasteiger partial charge in [-0.1, -0.05) is 23.7 Å². The molecule has 36 heavy (non-hydrogen) atoms. The molecule has 4 rings (SSSR count). The number of hydrogen-bond donors (Lipinski definition) is 3. The molecule has 3 N–H and O–H groups in total. The summed E-state index contributed by atoms with van der Waals surface area (Å²) in [5, 5.41) is 21.7. The summed E-state index contributed by atoms with van der Waals surface area (Å²) in [6.07, 6.45) is 1.21. The number of hydrogen-bond acceptors (Lipinski definition) is 7. The molecule has 0 saturated carbocycles. The molecule has 0 radical (unpaired) electrons. The van der Waals surface area contributed by atoms with Crippen molar-refractivity contribution in [2.24, 2.45) is 5.41 Å². The number of ether oxygens (including phenoxy) is 2. The normalized spacial score (nSPS) is 19.6. The van der Waals surface area contributed by atoms with Crippen molar-refractivity contribution in [3.05, 3.63) is 69.0 Å². The predicted molar refractivity (Wildman–Crippen MR) is 129 cm³/mol. The second-order valence-corrected chi connectivity index (χ2v) is 9.09. The second kappa shape index (κ2) is 11.0. The van der Waals surface area contributed by atoms with Crippen molar-refractivity contribution >= 4 is 28.4 Å². The van der Waals surface area contributed by atoms with Gasteiger partial charge in [-0.2, -0.15) is 5.26 Å². The molecule has 1 saturated heterocycles. The number of H-pyrrole nitrogens is 1. The molecule has 0 bridgehead atoms. The van der Waals surface area contributed by atoms with E-state index in [4.69, 9.17) is 21.1 Å². The van der Waals surface area contributed by atoms with Crippen molar-refractivity contribution in [3.63, 3.8) is 0 Å². The highest BCUT2D eigenvalue weighted by Gasteiger charge is 2.35. The number of rotatable bonds is 8. The first-order chi connectivity index (χ1) is 17.3. The zero-order valence-electron chi connectivity index (χ0n) is 19.2. The summed E-state index contributed by atoms with van der Waals surface area (Å²) in [4.78, 5) is 31.9. The lowest BCUT2D eigenvalue weighted by molar-refractivity contribution is -0.0643. The number of aliphatic hydroxyl groups is 1. The first-order valence-corrected chi connectivity index (χ1v) is 11.7. The van der Waals surface area contributed by atoms with Crippen LogP contribution in [0.3, 0.4) is 0 Å². The molecular formula is C25H24ClFN4O5. The third-order valence-corrected chi connectivity index (χ3v) is 6.34. The van der Waals surface area contributed by atoms with Crippen LogP contribution in [0.1, 0.15) is 35.4 Å². The lowest BCUT2D eigenvalue weighted by atomic mass is 9.83. The number of halogens is 2. The molecule has 9 nitrogen and oxygen atoms in total. The lowest BCUT2D eigenvalue weighted by Gasteiger charge is -2.33. The van der Waals surface area contributed by atoms with Crippen LogP contribution in [0.15, 0.2) is 41.2 Å². The van der Waals surface area contributed by atoms with E-state index in [1.165, 1.54) is 6.07 Å². The Hall–Kier alpha value is -3.52. The molecule has 2 aromatic carbocycles. The number of benzene rings is 2. The highest BCUT2D eigenvalue weighted by Crippen LogP contribution is 2.31. The number of aromatic nitrogens is 2. The molecule has 1 fully saturated rings. The smallest absolute Gasteiger partial charge is 0.287 e. The molecule has 1 aromatic heterocycles. The summed E-state index contributed by atoms with van der Waals surface area (Å²) < 4.78 is 25.9. The van der Waals surface area contributed by atoms with Gasteiger partial charge < -0.3 is 24.9 Å². The Morgan fingerprint density at radius 1 is 1.42 bits per heavy atom. The maximum absolute atomic E-state index is 14.6. The van der Waals surface area contributed by atoms with E-state index in [1.807, 2.05) is 0 Å². The third-order valence-electron chi connectivity index (χ3n) is 6.10. The van der Waals surface area contributed by atoms with Gasteiger partial charge in [0.1, 0.15) is 10.8 Å².